The van der Waals surface area contributed by atoms with Crippen LogP contribution in [0.25, 0.3) is 11.0 Å². The molecular formula is C11H13N3O2. The van der Waals surface area contributed by atoms with Crippen LogP contribution >= 0.6 is 0 Å². The molecule has 0 aliphatic carbocycles. The number of aromatic nitrogens is 2. The van der Waals surface area contributed by atoms with Gasteiger partial charge in [-0.05, 0) is 24.5 Å². The third kappa shape index (κ3) is 1.01. The number of para-hydroxylation sites is 1. The Bertz CT molecular complexity index is 611. The van der Waals surface area contributed by atoms with Gasteiger partial charge < -0.3 is 10.6 Å². The summed E-state index contributed by atoms with van der Waals surface area (Å²) >= 11 is 0. The summed E-state index contributed by atoms with van der Waals surface area (Å²) in [5.41, 5.74) is 8.63. The van der Waals surface area contributed by atoms with Crippen molar-refractivity contribution in [2.45, 2.75) is 19.0 Å². The van der Waals surface area contributed by atoms with E-state index in [4.69, 9.17) is 10.6 Å². The van der Waals surface area contributed by atoms with Crippen molar-refractivity contribution in [1.29, 1.82) is 0 Å². The zero-order valence-corrected chi connectivity index (χ0v) is 9.01. The first-order chi connectivity index (χ1) is 7.74. The summed E-state index contributed by atoms with van der Waals surface area (Å²) in [6.45, 7) is 0. The Kier molecular flexibility index (Phi) is 1.85. The number of benzene rings is 1. The van der Waals surface area contributed by atoms with Gasteiger partial charge in [0.1, 0.15) is 12.6 Å². The predicted molar refractivity (Wildman–Crippen MR) is 60.2 cm³/mol. The van der Waals surface area contributed by atoms with E-state index in [2.05, 4.69) is 0 Å². The molecule has 5 nitrogen and oxygen atoms in total. The molecule has 0 bridgehead atoms. The number of imidazole rings is 1. The lowest BCUT2D eigenvalue weighted by molar-refractivity contribution is 0.164. The Labute approximate surface area is 92.0 Å². The molecule has 0 saturated carbocycles. The summed E-state index contributed by atoms with van der Waals surface area (Å²) in [6.07, 6.45) is 1.45. The Morgan fingerprint density at radius 1 is 1.50 bits per heavy atom. The van der Waals surface area contributed by atoms with E-state index in [0.717, 1.165) is 29.4 Å². The Morgan fingerprint density at radius 3 is 3.06 bits per heavy atom. The summed E-state index contributed by atoms with van der Waals surface area (Å²) in [5, 5.41) is 0. The second kappa shape index (κ2) is 3.12. The van der Waals surface area contributed by atoms with Crippen molar-refractivity contribution in [2.75, 3.05) is 7.11 Å². The maximum Gasteiger partial charge on any atom is 0.363 e. The first-order valence-corrected chi connectivity index (χ1v) is 5.29. The van der Waals surface area contributed by atoms with Crippen LogP contribution in [-0.2, 0) is 6.42 Å². The highest BCUT2D eigenvalue weighted by atomic mass is 16.7. The second-order valence-corrected chi connectivity index (χ2v) is 4.02. The van der Waals surface area contributed by atoms with Crippen molar-refractivity contribution in [3.8, 4) is 0 Å². The van der Waals surface area contributed by atoms with Crippen molar-refractivity contribution in [3.05, 3.63) is 34.2 Å². The molecule has 0 fully saturated rings. The molecule has 1 atom stereocenters. The number of hydrogen-bond donors (Lipinski definition) is 1. The molecule has 1 aromatic heterocycles. The van der Waals surface area contributed by atoms with E-state index < -0.39 is 0 Å². The van der Waals surface area contributed by atoms with E-state index in [1.54, 1.807) is 4.57 Å². The van der Waals surface area contributed by atoms with Gasteiger partial charge in [-0.15, -0.1) is 4.73 Å². The van der Waals surface area contributed by atoms with Gasteiger partial charge in [-0.3, -0.25) is 4.57 Å². The molecular weight excluding hydrogens is 206 g/mol. The quantitative estimate of drug-likeness (QED) is 0.748. The van der Waals surface area contributed by atoms with Crippen molar-refractivity contribution in [1.82, 2.24) is 9.30 Å². The van der Waals surface area contributed by atoms with Crippen LogP contribution in [0.5, 0.6) is 0 Å². The van der Waals surface area contributed by atoms with Crippen LogP contribution in [0.1, 0.15) is 18.2 Å². The molecule has 1 aliphatic rings. The molecule has 2 aromatic rings. The van der Waals surface area contributed by atoms with Crippen LogP contribution in [0.4, 0.5) is 0 Å². The normalized spacial score (nSPS) is 19.0. The molecule has 0 spiro atoms. The second-order valence-electron chi connectivity index (χ2n) is 4.02. The molecule has 16 heavy (non-hydrogen) atoms. The van der Waals surface area contributed by atoms with Gasteiger partial charge in [-0.2, -0.15) is 0 Å². The molecule has 1 unspecified atom stereocenters. The van der Waals surface area contributed by atoms with Crippen LogP contribution < -0.4 is 16.3 Å². The Morgan fingerprint density at radius 2 is 2.31 bits per heavy atom. The SMILES string of the molecule is COn1c(=O)n2c3c(cccc31)CCC2N. The maximum absolute atomic E-state index is 12.1. The Balaban J connectivity index is 2.53. The third-order valence-corrected chi connectivity index (χ3v) is 3.16. The standard InChI is InChI=1S/C11H13N3O2/c1-16-14-8-4-2-3-7-5-6-9(12)13(10(7)8)11(14)15/h2-4,9H,5-6,12H2,1H3. The smallest absolute Gasteiger partial charge is 0.363 e. The summed E-state index contributed by atoms with van der Waals surface area (Å²) in [7, 11) is 1.49. The van der Waals surface area contributed by atoms with E-state index in [1.165, 1.54) is 11.8 Å². The van der Waals surface area contributed by atoms with Crippen molar-refractivity contribution < 1.29 is 4.84 Å². The van der Waals surface area contributed by atoms with Crippen molar-refractivity contribution in [3.63, 3.8) is 0 Å². The highest BCUT2D eigenvalue weighted by Gasteiger charge is 2.24. The lowest BCUT2D eigenvalue weighted by Gasteiger charge is -2.20. The van der Waals surface area contributed by atoms with Gasteiger partial charge in [0.2, 0.25) is 0 Å². The molecule has 0 amide bonds. The van der Waals surface area contributed by atoms with E-state index in [0.29, 0.717) is 0 Å². The molecule has 0 radical (unpaired) electrons. The minimum Gasteiger partial charge on any atom is -0.412 e. The van der Waals surface area contributed by atoms with Gasteiger partial charge >= 0.3 is 5.69 Å². The van der Waals surface area contributed by atoms with Gasteiger partial charge in [0.25, 0.3) is 0 Å². The highest BCUT2D eigenvalue weighted by Crippen LogP contribution is 2.26. The monoisotopic (exact) mass is 219 g/mol. The van der Waals surface area contributed by atoms with Gasteiger partial charge in [0, 0.05) is 0 Å². The maximum atomic E-state index is 12.1. The number of hydrogen-bond acceptors (Lipinski definition) is 3. The lowest BCUT2D eigenvalue weighted by atomic mass is 10.0. The molecule has 2 N–H and O–H groups in total. The molecule has 0 saturated heterocycles. The first kappa shape index (κ1) is 9.47. The third-order valence-electron chi connectivity index (χ3n) is 3.16. The number of rotatable bonds is 1. The predicted octanol–water partition coefficient (Wildman–Crippen LogP) is 0.265. The number of nitrogens with two attached hydrogens (primary N) is 1. The topological polar surface area (TPSA) is 62.2 Å². The summed E-state index contributed by atoms with van der Waals surface area (Å²) in [5.74, 6) is 0. The zero-order valence-electron chi connectivity index (χ0n) is 9.01. The fraction of sp³-hybridized carbons (Fsp3) is 0.364. The van der Waals surface area contributed by atoms with Crippen LogP contribution in [0, 0.1) is 0 Å². The van der Waals surface area contributed by atoms with Crippen LogP contribution in [-0.4, -0.2) is 16.4 Å². The van der Waals surface area contributed by atoms with Crippen molar-refractivity contribution >= 4 is 11.0 Å². The first-order valence-electron chi connectivity index (χ1n) is 5.29. The van der Waals surface area contributed by atoms with Gasteiger partial charge in [0.05, 0.1) is 11.7 Å². The average Bonchev–Trinajstić information content (AvgIpc) is 2.58. The minimum atomic E-state index is -0.249. The van der Waals surface area contributed by atoms with Gasteiger partial charge in [-0.25, -0.2) is 4.79 Å². The molecule has 84 valence electrons. The summed E-state index contributed by atoms with van der Waals surface area (Å²) in [4.78, 5) is 17.2. The van der Waals surface area contributed by atoms with Crippen LogP contribution in [0.2, 0.25) is 0 Å². The van der Waals surface area contributed by atoms with Gasteiger partial charge in [0.15, 0.2) is 0 Å². The Hall–Kier alpha value is -1.75. The average molecular weight is 219 g/mol. The zero-order chi connectivity index (χ0) is 11.3. The van der Waals surface area contributed by atoms with Crippen LogP contribution in [0.3, 0.4) is 0 Å². The van der Waals surface area contributed by atoms with E-state index in [1.807, 2.05) is 18.2 Å². The lowest BCUT2D eigenvalue weighted by Crippen LogP contribution is -2.34. The molecule has 5 heteroatoms. The fourth-order valence-corrected chi connectivity index (χ4v) is 2.43. The highest BCUT2D eigenvalue weighted by molar-refractivity contribution is 5.80. The summed E-state index contributed by atoms with van der Waals surface area (Å²) < 4.78 is 2.92. The minimum absolute atomic E-state index is 0.197. The number of aryl methyl sites for hydroxylation is 1. The van der Waals surface area contributed by atoms with Gasteiger partial charge in [-0.1, -0.05) is 12.1 Å². The van der Waals surface area contributed by atoms with E-state index in [9.17, 15) is 4.79 Å². The van der Waals surface area contributed by atoms with Crippen LogP contribution in [0.15, 0.2) is 23.0 Å². The molecule has 2 heterocycles. The largest absolute Gasteiger partial charge is 0.412 e. The molecule has 3 rings (SSSR count). The molecule has 1 aliphatic heterocycles. The summed E-state index contributed by atoms with van der Waals surface area (Å²) in [6, 6.07) is 5.84. The van der Waals surface area contributed by atoms with Crippen molar-refractivity contribution in [2.24, 2.45) is 5.73 Å². The van der Waals surface area contributed by atoms with E-state index in [-0.39, 0.29) is 11.9 Å². The number of nitrogens with zero attached hydrogens (tertiary/aromatic N) is 2. The fourth-order valence-electron chi connectivity index (χ4n) is 2.43. The van der Waals surface area contributed by atoms with E-state index >= 15 is 0 Å². The molecule has 1 aromatic carbocycles.